The summed E-state index contributed by atoms with van der Waals surface area (Å²) >= 11 is 0. The van der Waals surface area contributed by atoms with Gasteiger partial charge in [-0.15, -0.1) is 0 Å². The maximum Gasteiger partial charge on any atom is 0.256 e. The molecule has 0 saturated carbocycles. The summed E-state index contributed by atoms with van der Waals surface area (Å²) in [5.41, 5.74) is 4.67. The van der Waals surface area contributed by atoms with E-state index in [2.05, 4.69) is 11.8 Å². The van der Waals surface area contributed by atoms with Gasteiger partial charge in [0, 0.05) is 18.7 Å². The summed E-state index contributed by atoms with van der Waals surface area (Å²) in [6.07, 6.45) is 0. The van der Waals surface area contributed by atoms with Crippen molar-refractivity contribution in [3.05, 3.63) is 35.1 Å². The number of benzene rings is 1. The number of rotatable bonds is 4. The van der Waals surface area contributed by atoms with Crippen LogP contribution in [0, 0.1) is 17.7 Å². The molecule has 21 heavy (non-hydrogen) atoms. The molecule has 0 bridgehead atoms. The van der Waals surface area contributed by atoms with Crippen molar-refractivity contribution in [1.82, 2.24) is 4.90 Å². The van der Waals surface area contributed by atoms with E-state index in [0.717, 1.165) is 0 Å². The number of amides is 1. The SMILES string of the molecule is CCN(CC(C)(C)O)C(=O)c1ccc(C#CCN)cc1F. The molecule has 4 nitrogen and oxygen atoms in total. The average molecular weight is 292 g/mol. The molecule has 0 unspecified atom stereocenters. The van der Waals surface area contributed by atoms with E-state index in [1.807, 2.05) is 0 Å². The second-order valence-electron chi connectivity index (χ2n) is 5.33. The molecule has 1 aromatic rings. The minimum absolute atomic E-state index is 0.0283. The van der Waals surface area contributed by atoms with Crippen molar-refractivity contribution >= 4 is 5.91 Å². The minimum atomic E-state index is -1.03. The Hall–Kier alpha value is -1.90. The highest BCUT2D eigenvalue weighted by molar-refractivity contribution is 5.94. The molecule has 0 atom stereocenters. The van der Waals surface area contributed by atoms with E-state index >= 15 is 0 Å². The Morgan fingerprint density at radius 2 is 2.14 bits per heavy atom. The highest BCUT2D eigenvalue weighted by Gasteiger charge is 2.24. The number of halogens is 1. The van der Waals surface area contributed by atoms with Crippen LogP contribution in [0.15, 0.2) is 18.2 Å². The standard InChI is InChI=1S/C16H21FN2O2/c1-4-19(11-16(2,3)21)15(20)13-8-7-12(6-5-9-18)10-14(13)17/h7-8,10,21H,4,9,11,18H2,1-3H3. The van der Waals surface area contributed by atoms with Crippen LogP contribution in [0.4, 0.5) is 4.39 Å². The van der Waals surface area contributed by atoms with Crippen molar-refractivity contribution in [3.8, 4) is 11.8 Å². The second kappa shape index (κ2) is 7.21. The average Bonchev–Trinajstić information content (AvgIpc) is 2.41. The smallest absolute Gasteiger partial charge is 0.256 e. The van der Waals surface area contributed by atoms with Crippen LogP contribution in [0.1, 0.15) is 36.7 Å². The molecule has 0 heterocycles. The molecular weight excluding hydrogens is 271 g/mol. The Bertz CT molecular complexity index is 568. The van der Waals surface area contributed by atoms with Gasteiger partial charge in [0.1, 0.15) is 5.82 Å². The van der Waals surface area contributed by atoms with Gasteiger partial charge in [-0.1, -0.05) is 11.8 Å². The molecule has 1 rings (SSSR count). The van der Waals surface area contributed by atoms with Gasteiger partial charge >= 0.3 is 0 Å². The summed E-state index contributed by atoms with van der Waals surface area (Å²) in [6, 6.07) is 4.20. The van der Waals surface area contributed by atoms with Crippen molar-refractivity contribution in [2.75, 3.05) is 19.6 Å². The first-order valence-corrected chi connectivity index (χ1v) is 6.78. The summed E-state index contributed by atoms with van der Waals surface area (Å²) in [5, 5.41) is 9.81. The fourth-order valence-corrected chi connectivity index (χ4v) is 1.88. The van der Waals surface area contributed by atoms with E-state index < -0.39 is 17.3 Å². The maximum atomic E-state index is 14.0. The first-order chi connectivity index (χ1) is 9.78. The molecule has 3 N–H and O–H groups in total. The van der Waals surface area contributed by atoms with E-state index in [-0.39, 0.29) is 18.7 Å². The molecular formula is C16H21FN2O2. The van der Waals surface area contributed by atoms with Crippen molar-refractivity contribution < 1.29 is 14.3 Å². The molecule has 1 amide bonds. The van der Waals surface area contributed by atoms with Gasteiger partial charge in [0.15, 0.2) is 0 Å². The van der Waals surface area contributed by atoms with Crippen LogP contribution >= 0.6 is 0 Å². The first kappa shape index (κ1) is 17.2. The summed E-state index contributed by atoms with van der Waals surface area (Å²) in [7, 11) is 0. The largest absolute Gasteiger partial charge is 0.389 e. The molecule has 114 valence electrons. The van der Waals surface area contributed by atoms with Gasteiger partial charge in [0.05, 0.1) is 17.7 Å². The van der Waals surface area contributed by atoms with E-state index in [9.17, 15) is 14.3 Å². The van der Waals surface area contributed by atoms with E-state index in [1.54, 1.807) is 26.8 Å². The van der Waals surface area contributed by atoms with Gasteiger partial charge in [-0.25, -0.2) is 4.39 Å². The molecule has 0 spiro atoms. The van der Waals surface area contributed by atoms with Crippen LogP contribution in [-0.2, 0) is 0 Å². The quantitative estimate of drug-likeness (QED) is 0.824. The van der Waals surface area contributed by atoms with Gasteiger partial charge in [0.2, 0.25) is 0 Å². The van der Waals surface area contributed by atoms with Crippen molar-refractivity contribution in [3.63, 3.8) is 0 Å². The number of hydrogen-bond acceptors (Lipinski definition) is 3. The van der Waals surface area contributed by atoms with Crippen molar-refractivity contribution in [1.29, 1.82) is 0 Å². The fourth-order valence-electron chi connectivity index (χ4n) is 1.88. The van der Waals surface area contributed by atoms with Gasteiger partial charge in [-0.2, -0.15) is 0 Å². The van der Waals surface area contributed by atoms with Crippen LogP contribution < -0.4 is 5.73 Å². The lowest BCUT2D eigenvalue weighted by molar-refractivity contribution is 0.0312. The highest BCUT2D eigenvalue weighted by Crippen LogP contribution is 2.15. The summed E-state index contributed by atoms with van der Waals surface area (Å²) < 4.78 is 14.0. The number of aliphatic hydroxyl groups is 1. The Morgan fingerprint density at radius 1 is 1.48 bits per heavy atom. The van der Waals surface area contributed by atoms with E-state index in [1.165, 1.54) is 17.0 Å². The van der Waals surface area contributed by atoms with Crippen LogP contribution in [-0.4, -0.2) is 41.1 Å². The summed E-state index contributed by atoms with van der Waals surface area (Å²) in [6.45, 7) is 5.70. The third-order valence-electron chi connectivity index (χ3n) is 2.78. The third-order valence-corrected chi connectivity index (χ3v) is 2.78. The number of likely N-dealkylation sites (N-methyl/N-ethyl adjacent to an activating group) is 1. The number of carbonyl (C=O) groups excluding carboxylic acids is 1. The second-order valence-corrected chi connectivity index (χ2v) is 5.33. The first-order valence-electron chi connectivity index (χ1n) is 6.78. The van der Waals surface area contributed by atoms with Crippen molar-refractivity contribution in [2.24, 2.45) is 5.73 Å². The highest BCUT2D eigenvalue weighted by atomic mass is 19.1. The zero-order chi connectivity index (χ0) is 16.0. The van der Waals surface area contributed by atoms with Crippen LogP contribution in [0.3, 0.4) is 0 Å². The fraction of sp³-hybridized carbons (Fsp3) is 0.438. The predicted molar refractivity (Wildman–Crippen MR) is 80.2 cm³/mol. The zero-order valence-corrected chi connectivity index (χ0v) is 12.6. The minimum Gasteiger partial charge on any atom is -0.389 e. The maximum absolute atomic E-state index is 14.0. The number of nitrogens with zero attached hydrogens (tertiary/aromatic N) is 1. The van der Waals surface area contributed by atoms with Crippen LogP contribution in [0.25, 0.3) is 0 Å². The topological polar surface area (TPSA) is 66.6 Å². The van der Waals surface area contributed by atoms with Gasteiger partial charge in [-0.3, -0.25) is 4.79 Å². The lowest BCUT2D eigenvalue weighted by Crippen LogP contribution is -2.42. The van der Waals surface area contributed by atoms with Gasteiger partial charge < -0.3 is 15.7 Å². The predicted octanol–water partition coefficient (Wildman–Crippen LogP) is 1.37. The van der Waals surface area contributed by atoms with Crippen LogP contribution in [0.5, 0.6) is 0 Å². The van der Waals surface area contributed by atoms with Crippen LogP contribution in [0.2, 0.25) is 0 Å². The lowest BCUT2D eigenvalue weighted by Gasteiger charge is -2.28. The molecule has 0 saturated heterocycles. The number of nitrogens with two attached hydrogens (primary N) is 1. The third kappa shape index (κ3) is 5.18. The molecule has 0 fully saturated rings. The van der Waals surface area contributed by atoms with E-state index in [0.29, 0.717) is 12.1 Å². The molecule has 0 aromatic heterocycles. The van der Waals surface area contributed by atoms with E-state index in [4.69, 9.17) is 5.73 Å². The Kier molecular flexibility index (Phi) is 5.89. The van der Waals surface area contributed by atoms with Gasteiger partial charge in [0.25, 0.3) is 5.91 Å². The molecule has 1 aromatic carbocycles. The Labute approximate surface area is 124 Å². The molecule has 0 aliphatic carbocycles. The van der Waals surface area contributed by atoms with Crippen molar-refractivity contribution in [2.45, 2.75) is 26.4 Å². The Balaban J connectivity index is 3.01. The van der Waals surface area contributed by atoms with Gasteiger partial charge in [-0.05, 0) is 39.0 Å². The number of hydrogen-bond donors (Lipinski definition) is 2. The molecule has 0 aliphatic heterocycles. The number of carbonyl (C=O) groups is 1. The zero-order valence-electron chi connectivity index (χ0n) is 12.6. The summed E-state index contributed by atoms with van der Waals surface area (Å²) in [5.74, 6) is 4.27. The molecule has 0 radical (unpaired) electrons. The summed E-state index contributed by atoms with van der Waals surface area (Å²) in [4.78, 5) is 13.7. The molecule has 5 heteroatoms. The monoisotopic (exact) mass is 292 g/mol. The Morgan fingerprint density at radius 3 is 2.62 bits per heavy atom. The molecule has 0 aliphatic rings. The normalized spacial score (nSPS) is 10.8. The lowest BCUT2D eigenvalue weighted by atomic mass is 10.1.